The highest BCUT2D eigenvalue weighted by molar-refractivity contribution is 9.09. The van der Waals surface area contributed by atoms with Crippen LogP contribution < -0.4 is 0 Å². The second-order valence-corrected chi connectivity index (χ2v) is 13.5. The summed E-state index contributed by atoms with van der Waals surface area (Å²) in [6.45, 7) is 0.168. The SMILES string of the molecule is O=C(O)CCCCCN1C(=O)[C@H]2[C@H](CC=C3[C@H]2C[C@@]2(Cl)C(=O)N(CBr)C(=O)[C@@]2(Cl)[C@H]3c2ccc3ccccc3c2O)C1=O. The van der Waals surface area contributed by atoms with Crippen LogP contribution in [-0.4, -0.2) is 71.4 Å². The number of carboxylic acid groups (broad SMARTS) is 1. The lowest BCUT2D eigenvalue weighted by Gasteiger charge is -2.50. The highest BCUT2D eigenvalue weighted by atomic mass is 79.9. The van der Waals surface area contributed by atoms with Gasteiger partial charge in [-0.3, -0.25) is 33.8 Å². The fraction of sp³-hybridized carbons (Fsp3) is 0.452. The first-order valence-corrected chi connectivity index (χ1v) is 16.1. The second-order valence-electron chi connectivity index (χ2n) is 11.7. The maximum Gasteiger partial charge on any atom is 0.303 e. The van der Waals surface area contributed by atoms with E-state index in [-0.39, 0.29) is 48.8 Å². The largest absolute Gasteiger partial charge is 0.507 e. The Morgan fingerprint density at radius 1 is 0.953 bits per heavy atom. The van der Waals surface area contributed by atoms with Gasteiger partial charge in [0.05, 0.1) is 17.3 Å². The lowest BCUT2D eigenvalue weighted by molar-refractivity contribution is -0.141. The van der Waals surface area contributed by atoms with E-state index in [0.717, 1.165) is 10.3 Å². The van der Waals surface area contributed by atoms with Crippen molar-refractivity contribution in [2.75, 3.05) is 12.0 Å². The van der Waals surface area contributed by atoms with Crippen molar-refractivity contribution in [2.24, 2.45) is 17.8 Å². The first kappa shape index (κ1) is 30.1. The second kappa shape index (κ2) is 10.9. The summed E-state index contributed by atoms with van der Waals surface area (Å²) in [5.74, 6) is -6.26. The number of phenolic OH excluding ortho intramolecular Hbond substituents is 1. The quantitative estimate of drug-likeness (QED) is 0.132. The number of unbranched alkanes of at least 4 members (excludes halogenated alkanes) is 2. The van der Waals surface area contributed by atoms with E-state index in [1.807, 2.05) is 18.2 Å². The minimum Gasteiger partial charge on any atom is -0.507 e. The summed E-state index contributed by atoms with van der Waals surface area (Å²) in [6, 6.07) is 10.7. The number of rotatable bonds is 8. The van der Waals surface area contributed by atoms with Gasteiger partial charge in [0.1, 0.15) is 5.75 Å². The van der Waals surface area contributed by atoms with Crippen LogP contribution in [0.5, 0.6) is 5.75 Å². The number of alkyl halides is 3. The summed E-state index contributed by atoms with van der Waals surface area (Å²) in [7, 11) is 0. The molecule has 0 radical (unpaired) electrons. The molecule has 6 atom stereocenters. The van der Waals surface area contributed by atoms with Gasteiger partial charge in [-0.15, -0.1) is 23.2 Å². The Hall–Kier alpha value is -2.95. The third-order valence-corrected chi connectivity index (χ3v) is 11.5. The molecule has 12 heteroatoms. The van der Waals surface area contributed by atoms with Crippen LogP contribution >= 0.6 is 39.1 Å². The molecule has 2 aliphatic carbocycles. The van der Waals surface area contributed by atoms with Crippen LogP contribution in [0.25, 0.3) is 10.8 Å². The van der Waals surface area contributed by atoms with Gasteiger partial charge in [0.2, 0.25) is 11.8 Å². The number of aromatic hydroxyl groups is 1. The van der Waals surface area contributed by atoms with Crippen LogP contribution in [-0.2, 0) is 24.0 Å². The Bertz CT molecular complexity index is 1610. The van der Waals surface area contributed by atoms with E-state index < -0.39 is 51.2 Å². The zero-order chi connectivity index (χ0) is 30.8. The molecule has 43 heavy (non-hydrogen) atoms. The number of halogens is 3. The number of hydrogen-bond donors (Lipinski definition) is 2. The van der Waals surface area contributed by atoms with E-state index in [2.05, 4.69) is 15.9 Å². The maximum absolute atomic E-state index is 13.9. The average molecular weight is 692 g/mol. The summed E-state index contributed by atoms with van der Waals surface area (Å²) in [4.78, 5) is 64.2. The smallest absolute Gasteiger partial charge is 0.303 e. The maximum atomic E-state index is 13.9. The van der Waals surface area contributed by atoms with Crippen molar-refractivity contribution in [1.82, 2.24) is 9.80 Å². The number of benzene rings is 2. The third-order valence-electron chi connectivity index (χ3n) is 9.62. The zero-order valence-electron chi connectivity index (χ0n) is 23.0. The number of imide groups is 2. The molecule has 2 aliphatic heterocycles. The molecule has 4 aliphatic rings. The van der Waals surface area contributed by atoms with Crippen molar-refractivity contribution in [3.63, 3.8) is 0 Å². The van der Waals surface area contributed by atoms with E-state index in [1.165, 1.54) is 4.90 Å². The van der Waals surface area contributed by atoms with Crippen LogP contribution in [0.4, 0.5) is 0 Å². The molecule has 2 heterocycles. The van der Waals surface area contributed by atoms with Crippen molar-refractivity contribution in [3.05, 3.63) is 53.6 Å². The number of hydrogen-bond acceptors (Lipinski definition) is 6. The molecule has 0 aromatic heterocycles. The standard InChI is InChI=1S/C31H29BrCl2N2O7/c32-15-36-28(42)30(33)14-21-18(11-12-19-23(21)27(41)35(26(19)40)13-5-1-2-8-22(37)38)24(31(30,34)29(36)43)20-10-9-16-6-3-4-7-17(16)25(20)39/h3-4,6-7,9-11,19,21,23-24,39H,1-2,5,8,12-15H2,(H,37,38)/t19-,21+,23-,24+,30+,31-/m0/s1. The summed E-state index contributed by atoms with van der Waals surface area (Å²) in [5, 5.41) is 21.8. The number of aliphatic carboxylic acids is 1. The number of carboxylic acids is 1. The molecule has 2 saturated heterocycles. The Labute approximate surface area is 265 Å². The number of allylic oxidation sites excluding steroid dienone is 2. The van der Waals surface area contributed by atoms with Gasteiger partial charge >= 0.3 is 5.97 Å². The number of nitrogens with zero attached hydrogens (tertiary/aromatic N) is 2. The van der Waals surface area contributed by atoms with Crippen LogP contribution in [0.3, 0.4) is 0 Å². The Morgan fingerprint density at radius 3 is 2.42 bits per heavy atom. The third kappa shape index (κ3) is 4.27. The molecule has 9 nitrogen and oxygen atoms in total. The first-order valence-electron chi connectivity index (χ1n) is 14.2. The molecule has 2 aromatic rings. The van der Waals surface area contributed by atoms with E-state index in [0.29, 0.717) is 35.8 Å². The lowest BCUT2D eigenvalue weighted by atomic mass is 9.56. The van der Waals surface area contributed by atoms with Crippen LogP contribution in [0.1, 0.15) is 50.0 Å². The van der Waals surface area contributed by atoms with E-state index in [1.54, 1.807) is 24.3 Å². The molecule has 2 N–H and O–H groups in total. The number of carbonyl (C=O) groups excluding carboxylic acids is 4. The first-order chi connectivity index (χ1) is 20.5. The summed E-state index contributed by atoms with van der Waals surface area (Å²) in [6.07, 6.45) is 3.41. The van der Waals surface area contributed by atoms with Crippen molar-refractivity contribution in [3.8, 4) is 5.75 Å². The minimum atomic E-state index is -2.00. The Balaban J connectivity index is 1.43. The average Bonchev–Trinajstić information content (AvgIpc) is 3.31. The monoisotopic (exact) mass is 690 g/mol. The summed E-state index contributed by atoms with van der Waals surface area (Å²) in [5.41, 5.74) is 0.797. The van der Waals surface area contributed by atoms with Crippen LogP contribution in [0.2, 0.25) is 0 Å². The number of fused-ring (bicyclic) bond motifs is 5. The Kier molecular flexibility index (Phi) is 7.62. The van der Waals surface area contributed by atoms with Crippen molar-refractivity contribution in [2.45, 2.75) is 54.2 Å². The minimum absolute atomic E-state index is 0.0155. The van der Waals surface area contributed by atoms with Gasteiger partial charge in [-0.05, 0) is 37.0 Å². The predicted octanol–water partition coefficient (Wildman–Crippen LogP) is 4.90. The van der Waals surface area contributed by atoms with Gasteiger partial charge in [0.25, 0.3) is 11.8 Å². The van der Waals surface area contributed by atoms with E-state index in [9.17, 15) is 29.1 Å². The van der Waals surface area contributed by atoms with E-state index in [4.69, 9.17) is 28.3 Å². The lowest BCUT2D eigenvalue weighted by Crippen LogP contribution is -2.60. The van der Waals surface area contributed by atoms with Crippen molar-refractivity contribution >= 4 is 79.5 Å². The summed E-state index contributed by atoms with van der Waals surface area (Å²) >= 11 is 17.7. The van der Waals surface area contributed by atoms with Gasteiger partial charge in [0, 0.05) is 29.8 Å². The van der Waals surface area contributed by atoms with Gasteiger partial charge in [-0.25, -0.2) is 0 Å². The Morgan fingerprint density at radius 2 is 1.70 bits per heavy atom. The molecule has 6 rings (SSSR count). The molecular formula is C31H29BrCl2N2O7. The number of amides is 4. The van der Waals surface area contributed by atoms with Crippen molar-refractivity contribution < 1.29 is 34.2 Å². The predicted molar refractivity (Wildman–Crippen MR) is 162 cm³/mol. The normalized spacial score (nSPS) is 31.7. The van der Waals surface area contributed by atoms with Crippen LogP contribution in [0.15, 0.2) is 48.0 Å². The van der Waals surface area contributed by atoms with Gasteiger partial charge in [-0.1, -0.05) is 70.4 Å². The number of carbonyl (C=O) groups is 5. The molecule has 0 unspecified atom stereocenters. The molecule has 2 aromatic carbocycles. The van der Waals surface area contributed by atoms with Gasteiger partial charge < -0.3 is 10.2 Å². The van der Waals surface area contributed by atoms with Crippen molar-refractivity contribution in [1.29, 1.82) is 0 Å². The van der Waals surface area contributed by atoms with E-state index >= 15 is 0 Å². The zero-order valence-corrected chi connectivity index (χ0v) is 26.1. The topological polar surface area (TPSA) is 132 Å². The van der Waals surface area contributed by atoms with Gasteiger partial charge in [0.15, 0.2) is 9.75 Å². The fourth-order valence-corrected chi connectivity index (χ4v) is 9.03. The highest BCUT2D eigenvalue weighted by Gasteiger charge is 2.76. The molecule has 0 bridgehead atoms. The summed E-state index contributed by atoms with van der Waals surface area (Å²) < 4.78 is 0. The molecule has 3 fully saturated rings. The fourth-order valence-electron chi connectivity index (χ4n) is 7.61. The molecular weight excluding hydrogens is 663 g/mol. The van der Waals surface area contributed by atoms with Crippen LogP contribution in [0, 0.1) is 17.8 Å². The number of phenols is 1. The molecule has 1 saturated carbocycles. The number of likely N-dealkylation sites (tertiary alicyclic amines) is 2. The van der Waals surface area contributed by atoms with Gasteiger partial charge in [-0.2, -0.15) is 0 Å². The molecule has 226 valence electrons. The molecule has 4 amide bonds. The molecule has 0 spiro atoms. The highest BCUT2D eigenvalue weighted by Crippen LogP contribution is 2.66.